The van der Waals surface area contributed by atoms with Crippen LogP contribution in [0.4, 0.5) is 0 Å². The Bertz CT molecular complexity index is 1370. The van der Waals surface area contributed by atoms with E-state index in [0.717, 1.165) is 5.56 Å². The highest BCUT2D eigenvalue weighted by molar-refractivity contribution is 5.80. The lowest BCUT2D eigenvalue weighted by Gasteiger charge is -2.35. The minimum absolute atomic E-state index is 0.0180. The van der Waals surface area contributed by atoms with Crippen molar-refractivity contribution in [1.29, 1.82) is 0 Å². The Kier molecular flexibility index (Phi) is 30.9. The van der Waals surface area contributed by atoms with E-state index < -0.39 is 17.4 Å². The predicted molar refractivity (Wildman–Crippen MR) is 220 cm³/mol. The normalized spacial score (nSPS) is 10.7. The second-order valence-electron chi connectivity index (χ2n) is 13.1. The second-order valence-corrected chi connectivity index (χ2v) is 13.1. The van der Waals surface area contributed by atoms with Gasteiger partial charge in [0.15, 0.2) is 0 Å². The Morgan fingerprint density at radius 2 is 0.915 bits per heavy atom. The molecule has 0 bridgehead atoms. The van der Waals surface area contributed by atoms with E-state index in [9.17, 15) is 24.0 Å². The zero-order valence-electron chi connectivity index (χ0n) is 34.4. The Labute approximate surface area is 349 Å². The molecule has 0 spiro atoms. The molecule has 0 saturated heterocycles. The van der Waals surface area contributed by atoms with Crippen LogP contribution in [0.1, 0.15) is 63.4 Å². The first kappa shape index (κ1) is 52.0. The number of esters is 1. The molecule has 4 N–H and O–H groups in total. The van der Waals surface area contributed by atoms with Crippen LogP contribution in [0.5, 0.6) is 5.75 Å². The summed E-state index contributed by atoms with van der Waals surface area (Å²) >= 11 is 0. The molecule has 0 fully saturated rings. The molecule has 0 heterocycles. The van der Waals surface area contributed by atoms with Gasteiger partial charge in [-0.25, -0.2) is 0 Å². The monoisotopic (exact) mass is 826 g/mol. The third-order valence-corrected chi connectivity index (χ3v) is 8.31. The predicted octanol–water partition coefficient (Wildman–Crippen LogP) is 1.61. The molecular weight excluding hydrogens is 764 g/mol. The number of amides is 4. The highest BCUT2D eigenvalue weighted by atomic mass is 16.5. The first-order valence-corrected chi connectivity index (χ1v) is 19.8. The number of carbonyl (C=O) groups excluding carboxylic acids is 5. The summed E-state index contributed by atoms with van der Waals surface area (Å²) in [7, 11) is 0. The molecule has 1 rings (SSSR count). The number of ether oxygens (including phenoxy) is 7. The fourth-order valence-corrected chi connectivity index (χ4v) is 5.27. The van der Waals surface area contributed by atoms with Crippen molar-refractivity contribution >= 4 is 29.6 Å². The Morgan fingerprint density at radius 1 is 0.525 bits per heavy atom. The lowest BCUT2D eigenvalue weighted by molar-refractivity contribution is -0.135. The van der Waals surface area contributed by atoms with Crippen LogP contribution < -0.4 is 26.0 Å². The van der Waals surface area contributed by atoms with Gasteiger partial charge in [-0.1, -0.05) is 35.5 Å². The van der Waals surface area contributed by atoms with Crippen molar-refractivity contribution in [2.75, 3.05) is 98.9 Å². The topological polar surface area (TPSA) is 198 Å². The van der Waals surface area contributed by atoms with Gasteiger partial charge in [0, 0.05) is 57.3 Å². The van der Waals surface area contributed by atoms with E-state index in [1.54, 1.807) is 12.1 Å². The number of hydrogen-bond acceptors (Lipinski definition) is 12. The standard InChI is InChI=1S/C43H62N4O12/c1-5-24-53-30-33-56-27-21-44-38(48)15-18-43(19-16-39(49)45-22-28-57-34-31-54-25-6-2,20-17-40(50)46-23-29-58-35-32-55-26-7-3)47-41(51)9-8-10-42(52)59-37-13-11-36(4)12-14-37/h1-3,11-14H,8-10,15-35H2,4H3,(H,44,48)(H,45,49)(H,46,50)(H,47,51). The van der Waals surface area contributed by atoms with Crippen molar-refractivity contribution in [2.24, 2.45) is 0 Å². The summed E-state index contributed by atoms with van der Waals surface area (Å²) in [5.74, 6) is 5.68. The first-order valence-electron chi connectivity index (χ1n) is 19.8. The summed E-state index contributed by atoms with van der Waals surface area (Å²) in [6.45, 7) is 5.74. The average Bonchev–Trinajstić information content (AvgIpc) is 3.22. The molecule has 0 saturated carbocycles. The molecule has 0 atom stereocenters. The second kappa shape index (κ2) is 35.0. The maximum atomic E-state index is 13.5. The number of nitrogens with one attached hydrogen (secondary N) is 4. The Morgan fingerprint density at radius 3 is 1.31 bits per heavy atom. The molecule has 59 heavy (non-hydrogen) atoms. The van der Waals surface area contributed by atoms with E-state index in [4.69, 9.17) is 52.4 Å². The van der Waals surface area contributed by atoms with Crippen LogP contribution in [0.25, 0.3) is 0 Å². The first-order chi connectivity index (χ1) is 28.6. The highest BCUT2D eigenvalue weighted by Gasteiger charge is 2.33. The molecule has 326 valence electrons. The van der Waals surface area contributed by atoms with Crippen LogP contribution in [-0.2, 0) is 52.4 Å². The van der Waals surface area contributed by atoms with Crippen molar-refractivity contribution in [2.45, 2.75) is 70.3 Å². The van der Waals surface area contributed by atoms with Gasteiger partial charge in [-0.05, 0) is 44.7 Å². The lowest BCUT2D eigenvalue weighted by atomic mass is 9.83. The van der Waals surface area contributed by atoms with Crippen LogP contribution in [0.2, 0.25) is 0 Å². The van der Waals surface area contributed by atoms with Crippen molar-refractivity contribution in [3.05, 3.63) is 29.8 Å². The number of carbonyl (C=O) groups is 5. The largest absolute Gasteiger partial charge is 0.427 e. The molecule has 0 unspecified atom stereocenters. The van der Waals surface area contributed by atoms with Gasteiger partial charge in [-0.15, -0.1) is 19.3 Å². The molecular formula is C43H62N4O12. The maximum absolute atomic E-state index is 13.5. The van der Waals surface area contributed by atoms with Crippen molar-refractivity contribution in [3.63, 3.8) is 0 Å². The molecule has 0 radical (unpaired) electrons. The number of terminal acetylenes is 3. The van der Waals surface area contributed by atoms with E-state index in [1.807, 2.05) is 19.1 Å². The minimum atomic E-state index is -1.15. The van der Waals surface area contributed by atoms with Crippen molar-refractivity contribution in [1.82, 2.24) is 21.3 Å². The van der Waals surface area contributed by atoms with Gasteiger partial charge >= 0.3 is 5.97 Å². The Balaban J connectivity index is 2.97. The third kappa shape index (κ3) is 29.8. The summed E-state index contributed by atoms with van der Waals surface area (Å²) in [4.78, 5) is 65.0. The van der Waals surface area contributed by atoms with Gasteiger partial charge in [0.25, 0.3) is 0 Å². The zero-order chi connectivity index (χ0) is 43.2. The smallest absolute Gasteiger partial charge is 0.311 e. The lowest BCUT2D eigenvalue weighted by Crippen LogP contribution is -2.50. The molecule has 0 aliphatic rings. The summed E-state index contributed by atoms with van der Waals surface area (Å²) in [6, 6.07) is 7.03. The number of aryl methyl sites for hydroxylation is 1. The van der Waals surface area contributed by atoms with Crippen LogP contribution >= 0.6 is 0 Å². The average molecular weight is 827 g/mol. The Hall–Kier alpha value is -4.99. The van der Waals surface area contributed by atoms with E-state index >= 15 is 0 Å². The van der Waals surface area contributed by atoms with E-state index in [-0.39, 0.29) is 135 Å². The molecule has 1 aromatic carbocycles. The molecule has 1 aromatic rings. The van der Waals surface area contributed by atoms with Crippen molar-refractivity contribution < 1.29 is 57.1 Å². The quantitative estimate of drug-likeness (QED) is 0.0331. The van der Waals surface area contributed by atoms with Gasteiger partial charge < -0.3 is 54.4 Å². The van der Waals surface area contributed by atoms with Crippen LogP contribution in [-0.4, -0.2) is 134 Å². The van der Waals surface area contributed by atoms with Gasteiger partial charge in [0.1, 0.15) is 25.6 Å². The van der Waals surface area contributed by atoms with Crippen molar-refractivity contribution in [3.8, 4) is 42.8 Å². The summed E-state index contributed by atoms with van der Waals surface area (Å²) in [6.07, 6.45) is 15.9. The number of benzene rings is 1. The molecule has 16 nitrogen and oxygen atoms in total. The number of rotatable bonds is 36. The molecule has 4 amide bonds. The highest BCUT2D eigenvalue weighted by Crippen LogP contribution is 2.27. The molecule has 16 heteroatoms. The van der Waals surface area contributed by atoms with E-state index in [0.29, 0.717) is 45.4 Å². The van der Waals surface area contributed by atoms with Gasteiger partial charge in [-0.2, -0.15) is 0 Å². The summed E-state index contributed by atoms with van der Waals surface area (Å²) in [5.41, 5.74) is -0.129. The van der Waals surface area contributed by atoms with Crippen LogP contribution in [0, 0.1) is 44.0 Å². The van der Waals surface area contributed by atoms with Gasteiger partial charge in [0.2, 0.25) is 23.6 Å². The maximum Gasteiger partial charge on any atom is 0.311 e. The molecule has 0 aliphatic heterocycles. The van der Waals surface area contributed by atoms with Gasteiger partial charge in [0.05, 0.1) is 59.5 Å². The minimum Gasteiger partial charge on any atom is -0.427 e. The van der Waals surface area contributed by atoms with Crippen LogP contribution in [0.3, 0.4) is 0 Å². The van der Waals surface area contributed by atoms with E-state index in [2.05, 4.69) is 39.0 Å². The van der Waals surface area contributed by atoms with Gasteiger partial charge in [-0.3, -0.25) is 24.0 Å². The SMILES string of the molecule is C#CCOCCOCCNC(=O)CCC(CCC(=O)NCCOCCOCC#C)(CCC(=O)NCCOCCOCC#C)NC(=O)CCCC(=O)Oc1ccc(C)cc1. The summed E-state index contributed by atoms with van der Waals surface area (Å²) < 4.78 is 37.2. The fourth-order valence-electron chi connectivity index (χ4n) is 5.27. The van der Waals surface area contributed by atoms with E-state index in [1.165, 1.54) is 0 Å². The molecule has 0 aromatic heterocycles. The zero-order valence-corrected chi connectivity index (χ0v) is 34.4. The summed E-state index contributed by atoms with van der Waals surface area (Å²) in [5, 5.41) is 11.4. The third-order valence-electron chi connectivity index (χ3n) is 8.31. The molecule has 0 aliphatic carbocycles. The fraction of sp³-hybridized carbons (Fsp3) is 0.605. The number of hydrogen-bond donors (Lipinski definition) is 4. The van der Waals surface area contributed by atoms with Crippen LogP contribution in [0.15, 0.2) is 24.3 Å².